The molecule has 9 heteroatoms. The normalized spacial score (nSPS) is 11.6. The molecule has 2 aromatic heterocycles. The van der Waals surface area contributed by atoms with Gasteiger partial charge in [-0.1, -0.05) is 30.7 Å². The van der Waals surface area contributed by atoms with Crippen molar-refractivity contribution in [2.45, 2.75) is 13.3 Å². The van der Waals surface area contributed by atoms with E-state index in [1.807, 2.05) is 18.2 Å². The van der Waals surface area contributed by atoms with E-state index in [-0.39, 0.29) is 17.0 Å². The zero-order valence-electron chi connectivity index (χ0n) is 17.0. The Kier molecular flexibility index (Phi) is 5.99. The lowest BCUT2D eigenvalue weighted by molar-refractivity contribution is 0.104. The van der Waals surface area contributed by atoms with E-state index in [4.69, 9.17) is 11.6 Å². The van der Waals surface area contributed by atoms with Gasteiger partial charge in [0.05, 0.1) is 11.4 Å². The monoisotopic (exact) mass is 471 g/mol. The van der Waals surface area contributed by atoms with Crippen LogP contribution in [0.5, 0.6) is 0 Å². The summed E-state index contributed by atoms with van der Waals surface area (Å²) in [6.07, 6.45) is 3.60. The van der Waals surface area contributed by atoms with Gasteiger partial charge in [-0.2, -0.15) is 0 Å². The minimum Gasteiger partial charge on any atom is -0.345 e. The Bertz CT molecular complexity index is 1420. The fourth-order valence-electron chi connectivity index (χ4n) is 3.43. The van der Waals surface area contributed by atoms with Gasteiger partial charge in [0.25, 0.3) is 0 Å². The zero-order valence-corrected chi connectivity index (χ0v) is 18.6. The number of aromatic nitrogens is 2. The van der Waals surface area contributed by atoms with Crippen LogP contribution < -0.4 is 4.72 Å². The molecule has 0 spiro atoms. The van der Waals surface area contributed by atoms with Gasteiger partial charge in [0.1, 0.15) is 11.5 Å². The molecule has 2 aromatic carbocycles. The zero-order chi connectivity index (χ0) is 22.9. The Morgan fingerprint density at radius 3 is 2.59 bits per heavy atom. The number of fused-ring (bicyclic) bond motifs is 1. The predicted octanol–water partition coefficient (Wildman–Crippen LogP) is 5.41. The molecule has 2 heterocycles. The standard InChI is InChI=1S/C23H19ClFN3O3S/c1-2-7-32(30,31)28-19-9-15(8-18(25)11-19)22(29)21-13-27-23-20(21)10-16(12-26-23)14-3-5-17(24)6-4-14/h3-6,8-13,28H,2,7H2,1H3,(H,26,27). The molecule has 0 amide bonds. The molecule has 2 N–H and O–H groups in total. The summed E-state index contributed by atoms with van der Waals surface area (Å²) in [6.45, 7) is 1.73. The number of nitrogens with zero attached hydrogens (tertiary/aromatic N) is 1. The third-order valence-electron chi connectivity index (χ3n) is 4.86. The number of ketones is 1. The van der Waals surface area contributed by atoms with Crippen LogP contribution in [-0.4, -0.2) is 29.9 Å². The first-order chi connectivity index (χ1) is 15.3. The van der Waals surface area contributed by atoms with Crippen molar-refractivity contribution in [1.82, 2.24) is 9.97 Å². The lowest BCUT2D eigenvalue weighted by Crippen LogP contribution is -2.16. The molecule has 0 aliphatic carbocycles. The Hall–Kier alpha value is -3.23. The first kappa shape index (κ1) is 22.0. The largest absolute Gasteiger partial charge is 0.345 e. The molecule has 0 saturated carbocycles. The molecule has 4 rings (SSSR count). The van der Waals surface area contributed by atoms with Crippen molar-refractivity contribution in [2.24, 2.45) is 0 Å². The van der Waals surface area contributed by atoms with E-state index in [2.05, 4.69) is 14.7 Å². The molecule has 0 radical (unpaired) electrons. The van der Waals surface area contributed by atoms with Crippen LogP contribution in [0.15, 0.2) is 60.9 Å². The average Bonchev–Trinajstić information content (AvgIpc) is 3.16. The van der Waals surface area contributed by atoms with Crippen molar-refractivity contribution in [1.29, 1.82) is 0 Å². The summed E-state index contributed by atoms with van der Waals surface area (Å²) in [7, 11) is -3.63. The highest BCUT2D eigenvalue weighted by Gasteiger charge is 2.18. The second-order valence-corrected chi connectivity index (χ2v) is 9.59. The van der Waals surface area contributed by atoms with Gasteiger partial charge in [0, 0.05) is 39.5 Å². The number of hydrogen-bond donors (Lipinski definition) is 2. The fourth-order valence-corrected chi connectivity index (χ4v) is 4.67. The molecule has 32 heavy (non-hydrogen) atoms. The maximum Gasteiger partial charge on any atom is 0.232 e. The Morgan fingerprint density at radius 1 is 1.12 bits per heavy atom. The molecule has 0 fully saturated rings. The number of aromatic amines is 1. The molecule has 0 saturated heterocycles. The number of carbonyl (C=O) groups excluding carboxylic acids is 1. The Labute approximate surface area is 189 Å². The Morgan fingerprint density at radius 2 is 1.88 bits per heavy atom. The van der Waals surface area contributed by atoms with Gasteiger partial charge in [0.15, 0.2) is 5.78 Å². The third kappa shape index (κ3) is 4.66. The summed E-state index contributed by atoms with van der Waals surface area (Å²) >= 11 is 5.96. The Balaban J connectivity index is 1.72. The molecule has 0 atom stereocenters. The first-order valence-electron chi connectivity index (χ1n) is 9.84. The number of hydrogen-bond acceptors (Lipinski definition) is 4. The van der Waals surface area contributed by atoms with E-state index in [1.54, 1.807) is 25.3 Å². The highest BCUT2D eigenvalue weighted by Crippen LogP contribution is 2.28. The van der Waals surface area contributed by atoms with E-state index in [9.17, 15) is 17.6 Å². The molecular formula is C23H19ClFN3O3S. The van der Waals surface area contributed by atoms with Crippen LogP contribution in [0.3, 0.4) is 0 Å². The van der Waals surface area contributed by atoms with Crippen LogP contribution in [0.4, 0.5) is 10.1 Å². The van der Waals surface area contributed by atoms with Gasteiger partial charge in [0.2, 0.25) is 10.0 Å². The van der Waals surface area contributed by atoms with Crippen molar-refractivity contribution < 1.29 is 17.6 Å². The maximum absolute atomic E-state index is 14.2. The smallest absolute Gasteiger partial charge is 0.232 e. The number of anilines is 1. The number of benzene rings is 2. The van der Waals surface area contributed by atoms with Crippen LogP contribution in [0.1, 0.15) is 29.3 Å². The summed E-state index contributed by atoms with van der Waals surface area (Å²) in [5.41, 5.74) is 2.50. The first-order valence-corrected chi connectivity index (χ1v) is 11.9. The fraction of sp³-hybridized carbons (Fsp3) is 0.130. The third-order valence-corrected chi connectivity index (χ3v) is 6.60. The SMILES string of the molecule is CCCS(=O)(=O)Nc1cc(F)cc(C(=O)c2c[nH]c3ncc(-c4ccc(Cl)cc4)cc23)c1. The lowest BCUT2D eigenvalue weighted by atomic mass is 10.0. The van der Waals surface area contributed by atoms with Crippen LogP contribution in [0.2, 0.25) is 5.02 Å². The highest BCUT2D eigenvalue weighted by atomic mass is 35.5. The number of pyridine rings is 1. The second kappa shape index (κ2) is 8.72. The average molecular weight is 472 g/mol. The minimum absolute atomic E-state index is 0.00150. The predicted molar refractivity (Wildman–Crippen MR) is 124 cm³/mol. The van der Waals surface area contributed by atoms with Crippen molar-refractivity contribution in [3.8, 4) is 11.1 Å². The number of carbonyl (C=O) groups is 1. The van der Waals surface area contributed by atoms with Crippen molar-refractivity contribution in [3.05, 3.63) is 82.9 Å². The topological polar surface area (TPSA) is 91.9 Å². The van der Waals surface area contributed by atoms with E-state index in [0.29, 0.717) is 28.0 Å². The summed E-state index contributed by atoms with van der Waals surface area (Å²) < 4.78 is 40.6. The molecule has 0 unspecified atom stereocenters. The van der Waals surface area contributed by atoms with Crippen molar-refractivity contribution >= 4 is 44.1 Å². The highest BCUT2D eigenvalue weighted by molar-refractivity contribution is 7.92. The van der Waals surface area contributed by atoms with Gasteiger partial charge in [-0.05, 0) is 48.4 Å². The van der Waals surface area contributed by atoms with Crippen LogP contribution in [-0.2, 0) is 10.0 Å². The number of rotatable bonds is 7. The van der Waals surface area contributed by atoms with Gasteiger partial charge >= 0.3 is 0 Å². The van der Waals surface area contributed by atoms with E-state index >= 15 is 0 Å². The molecule has 0 bridgehead atoms. The van der Waals surface area contributed by atoms with Crippen LogP contribution >= 0.6 is 11.6 Å². The van der Waals surface area contributed by atoms with E-state index < -0.39 is 21.6 Å². The number of halogens is 2. The van der Waals surface area contributed by atoms with Crippen LogP contribution in [0.25, 0.3) is 22.2 Å². The number of nitrogens with one attached hydrogen (secondary N) is 2. The van der Waals surface area contributed by atoms with Gasteiger partial charge in [-0.25, -0.2) is 17.8 Å². The summed E-state index contributed by atoms with van der Waals surface area (Å²) in [4.78, 5) is 20.5. The van der Waals surface area contributed by atoms with Gasteiger partial charge in [-0.15, -0.1) is 0 Å². The van der Waals surface area contributed by atoms with E-state index in [0.717, 1.165) is 23.3 Å². The summed E-state index contributed by atoms with van der Waals surface area (Å²) in [5.74, 6) is -1.28. The molecule has 164 valence electrons. The van der Waals surface area contributed by atoms with E-state index in [1.165, 1.54) is 12.3 Å². The molecule has 0 aliphatic rings. The van der Waals surface area contributed by atoms with Crippen molar-refractivity contribution in [2.75, 3.05) is 10.5 Å². The van der Waals surface area contributed by atoms with Crippen LogP contribution in [0, 0.1) is 5.82 Å². The molecule has 6 nitrogen and oxygen atoms in total. The molecule has 0 aliphatic heterocycles. The molecular weight excluding hydrogens is 453 g/mol. The number of H-pyrrole nitrogens is 1. The quantitative estimate of drug-likeness (QED) is 0.353. The molecule has 4 aromatic rings. The lowest BCUT2D eigenvalue weighted by Gasteiger charge is -2.09. The second-order valence-electron chi connectivity index (χ2n) is 7.31. The van der Waals surface area contributed by atoms with Crippen molar-refractivity contribution in [3.63, 3.8) is 0 Å². The maximum atomic E-state index is 14.2. The van der Waals surface area contributed by atoms with Gasteiger partial charge < -0.3 is 4.98 Å². The number of sulfonamides is 1. The summed E-state index contributed by atoms with van der Waals surface area (Å²) in [6, 6.07) is 12.5. The summed E-state index contributed by atoms with van der Waals surface area (Å²) in [5, 5.41) is 1.18. The van der Waals surface area contributed by atoms with Gasteiger partial charge in [-0.3, -0.25) is 9.52 Å². The minimum atomic E-state index is -3.63.